The number of nitrogens with zero attached hydrogens (tertiary/aromatic N) is 4. The molecule has 80 valence electrons. The van der Waals surface area contributed by atoms with Crippen molar-refractivity contribution in [1.82, 2.24) is 14.8 Å². The van der Waals surface area contributed by atoms with Crippen LogP contribution in [0.2, 0.25) is 0 Å². The maximum atomic E-state index is 8.92. The molecule has 1 aromatic carbocycles. The largest absolute Gasteiger partial charge is 0.388 e. The lowest BCUT2D eigenvalue weighted by Crippen LogP contribution is -1.94. The third-order valence-corrected chi connectivity index (χ3v) is 2.22. The molecule has 0 aliphatic rings. The maximum Gasteiger partial charge on any atom is 0.176 e. The molecule has 5 nitrogen and oxygen atoms in total. The van der Waals surface area contributed by atoms with E-state index in [4.69, 9.17) is 10.4 Å². The summed E-state index contributed by atoms with van der Waals surface area (Å²) < 4.78 is 1.60. The molecule has 16 heavy (non-hydrogen) atoms. The molecule has 0 amide bonds. The summed E-state index contributed by atoms with van der Waals surface area (Å²) in [6.07, 6.45) is 0. The topological polar surface area (TPSA) is 74.7 Å². The molecule has 0 aliphatic heterocycles. The van der Waals surface area contributed by atoms with Crippen LogP contribution in [0.1, 0.15) is 11.4 Å². The van der Waals surface area contributed by atoms with E-state index in [9.17, 15) is 0 Å². The first-order valence-electron chi connectivity index (χ1n) is 4.76. The van der Waals surface area contributed by atoms with Gasteiger partial charge in [0.15, 0.2) is 11.6 Å². The molecule has 0 atom stereocenters. The number of aryl methyl sites for hydroxylation is 1. The van der Waals surface area contributed by atoms with E-state index in [0.717, 1.165) is 5.56 Å². The highest BCUT2D eigenvalue weighted by Crippen LogP contribution is 2.17. The van der Waals surface area contributed by atoms with Crippen LogP contribution in [0.15, 0.2) is 24.3 Å². The van der Waals surface area contributed by atoms with Crippen LogP contribution in [0.3, 0.4) is 0 Å². The van der Waals surface area contributed by atoms with Crippen molar-refractivity contribution in [3.8, 4) is 17.5 Å². The minimum absolute atomic E-state index is 0.176. The van der Waals surface area contributed by atoms with Crippen molar-refractivity contribution in [2.75, 3.05) is 0 Å². The Labute approximate surface area is 92.6 Å². The van der Waals surface area contributed by atoms with Crippen molar-refractivity contribution in [2.24, 2.45) is 7.05 Å². The molecule has 0 radical (unpaired) electrons. The smallest absolute Gasteiger partial charge is 0.176 e. The second-order valence-corrected chi connectivity index (χ2v) is 3.32. The van der Waals surface area contributed by atoms with Gasteiger partial charge in [0, 0.05) is 12.6 Å². The molecule has 0 spiro atoms. The SMILES string of the molecule is Cn1nc(CO)nc1-c1ccc(C#N)cc1. The number of hydrogen-bond acceptors (Lipinski definition) is 4. The van der Waals surface area contributed by atoms with Gasteiger partial charge in [0.05, 0.1) is 11.6 Å². The monoisotopic (exact) mass is 214 g/mol. The van der Waals surface area contributed by atoms with Crippen LogP contribution in [-0.2, 0) is 13.7 Å². The Morgan fingerprint density at radius 3 is 2.56 bits per heavy atom. The molecular weight excluding hydrogens is 204 g/mol. The van der Waals surface area contributed by atoms with Crippen LogP contribution in [0.25, 0.3) is 11.4 Å². The van der Waals surface area contributed by atoms with Crippen molar-refractivity contribution in [2.45, 2.75) is 6.61 Å². The first-order valence-corrected chi connectivity index (χ1v) is 4.76. The predicted octanol–water partition coefficient (Wildman–Crippen LogP) is 0.846. The Morgan fingerprint density at radius 2 is 2.06 bits per heavy atom. The first-order chi connectivity index (χ1) is 7.74. The van der Waals surface area contributed by atoms with Crippen LogP contribution < -0.4 is 0 Å². The van der Waals surface area contributed by atoms with E-state index < -0.39 is 0 Å². The quantitative estimate of drug-likeness (QED) is 0.804. The van der Waals surface area contributed by atoms with Crippen molar-refractivity contribution in [1.29, 1.82) is 5.26 Å². The van der Waals surface area contributed by atoms with Crippen molar-refractivity contribution in [3.63, 3.8) is 0 Å². The van der Waals surface area contributed by atoms with Gasteiger partial charge in [-0.3, -0.25) is 0 Å². The average Bonchev–Trinajstić information content (AvgIpc) is 2.71. The number of nitriles is 1. The molecule has 0 saturated carbocycles. The van der Waals surface area contributed by atoms with Gasteiger partial charge in [0.2, 0.25) is 0 Å². The first kappa shape index (κ1) is 10.3. The van der Waals surface area contributed by atoms with Crippen LogP contribution in [0, 0.1) is 11.3 Å². The second kappa shape index (κ2) is 4.13. The van der Waals surface area contributed by atoms with E-state index in [1.165, 1.54) is 0 Å². The van der Waals surface area contributed by atoms with E-state index >= 15 is 0 Å². The summed E-state index contributed by atoms with van der Waals surface area (Å²) >= 11 is 0. The Bertz CT molecular complexity index is 536. The summed E-state index contributed by atoms with van der Waals surface area (Å²) in [5, 5.41) is 21.6. The Kier molecular flexibility index (Phi) is 2.66. The lowest BCUT2D eigenvalue weighted by atomic mass is 10.1. The average molecular weight is 214 g/mol. The highest BCUT2D eigenvalue weighted by atomic mass is 16.3. The van der Waals surface area contributed by atoms with Crippen LogP contribution in [0.5, 0.6) is 0 Å². The highest BCUT2D eigenvalue weighted by molar-refractivity contribution is 5.56. The number of aliphatic hydroxyl groups is 1. The lowest BCUT2D eigenvalue weighted by molar-refractivity contribution is 0.271. The van der Waals surface area contributed by atoms with Crippen LogP contribution in [-0.4, -0.2) is 19.9 Å². The molecule has 2 rings (SSSR count). The van der Waals surface area contributed by atoms with Gasteiger partial charge in [-0.15, -0.1) is 0 Å². The third-order valence-electron chi connectivity index (χ3n) is 2.22. The van der Waals surface area contributed by atoms with Crippen LogP contribution in [0.4, 0.5) is 0 Å². The number of aromatic nitrogens is 3. The fourth-order valence-electron chi connectivity index (χ4n) is 1.45. The molecule has 1 aromatic heterocycles. The Balaban J connectivity index is 2.42. The number of rotatable bonds is 2. The normalized spacial score (nSPS) is 10.1. The fraction of sp³-hybridized carbons (Fsp3) is 0.182. The summed E-state index contributed by atoms with van der Waals surface area (Å²) in [6.45, 7) is -0.176. The molecule has 0 aliphatic carbocycles. The van der Waals surface area contributed by atoms with E-state index in [-0.39, 0.29) is 6.61 Å². The maximum absolute atomic E-state index is 8.92. The molecule has 0 saturated heterocycles. The molecule has 0 bridgehead atoms. The van der Waals surface area contributed by atoms with E-state index in [2.05, 4.69) is 16.2 Å². The molecular formula is C11H10N4O. The van der Waals surface area contributed by atoms with Gasteiger partial charge in [0.25, 0.3) is 0 Å². The highest BCUT2D eigenvalue weighted by Gasteiger charge is 2.08. The zero-order valence-corrected chi connectivity index (χ0v) is 8.75. The third kappa shape index (κ3) is 1.78. The zero-order chi connectivity index (χ0) is 11.5. The summed E-state index contributed by atoms with van der Waals surface area (Å²) in [5.74, 6) is 1.07. The van der Waals surface area contributed by atoms with Gasteiger partial charge in [0.1, 0.15) is 6.61 Å². The van der Waals surface area contributed by atoms with Gasteiger partial charge < -0.3 is 5.11 Å². The van der Waals surface area contributed by atoms with Crippen molar-refractivity contribution < 1.29 is 5.11 Å². The Hall–Kier alpha value is -2.19. The van der Waals surface area contributed by atoms with Gasteiger partial charge in [-0.05, 0) is 24.3 Å². The number of hydrogen-bond donors (Lipinski definition) is 1. The summed E-state index contributed by atoms with van der Waals surface area (Å²) in [5.41, 5.74) is 1.47. The van der Waals surface area contributed by atoms with Gasteiger partial charge >= 0.3 is 0 Å². The van der Waals surface area contributed by atoms with E-state index in [0.29, 0.717) is 17.2 Å². The predicted molar refractivity (Wildman–Crippen MR) is 57.1 cm³/mol. The summed E-state index contributed by atoms with van der Waals surface area (Å²) in [7, 11) is 1.76. The standard InChI is InChI=1S/C11H10N4O/c1-15-11(13-10(7-16)14-15)9-4-2-8(6-12)3-5-9/h2-5,16H,7H2,1H3. The minimum Gasteiger partial charge on any atom is -0.388 e. The fourth-order valence-corrected chi connectivity index (χ4v) is 1.45. The number of benzene rings is 1. The van der Waals surface area contributed by atoms with Crippen molar-refractivity contribution >= 4 is 0 Å². The van der Waals surface area contributed by atoms with E-state index in [1.54, 1.807) is 23.9 Å². The molecule has 5 heteroatoms. The molecule has 0 fully saturated rings. The molecule has 1 N–H and O–H groups in total. The van der Waals surface area contributed by atoms with Gasteiger partial charge in [-0.1, -0.05) is 0 Å². The zero-order valence-electron chi connectivity index (χ0n) is 8.75. The van der Waals surface area contributed by atoms with Gasteiger partial charge in [-0.2, -0.15) is 10.4 Å². The van der Waals surface area contributed by atoms with Crippen molar-refractivity contribution in [3.05, 3.63) is 35.7 Å². The second-order valence-electron chi connectivity index (χ2n) is 3.32. The number of aliphatic hydroxyl groups excluding tert-OH is 1. The molecule has 1 heterocycles. The van der Waals surface area contributed by atoms with Crippen LogP contribution >= 0.6 is 0 Å². The Morgan fingerprint density at radius 1 is 1.38 bits per heavy atom. The summed E-state index contributed by atoms with van der Waals surface area (Å²) in [6, 6.07) is 9.12. The van der Waals surface area contributed by atoms with E-state index in [1.807, 2.05) is 12.1 Å². The lowest BCUT2D eigenvalue weighted by Gasteiger charge is -1.99. The summed E-state index contributed by atoms with van der Waals surface area (Å²) in [4.78, 5) is 4.17. The molecule has 2 aromatic rings. The molecule has 0 unspecified atom stereocenters. The minimum atomic E-state index is -0.176. The van der Waals surface area contributed by atoms with Gasteiger partial charge in [-0.25, -0.2) is 9.67 Å².